The molecule has 7 nitrogen and oxygen atoms in total. The van der Waals surface area contributed by atoms with E-state index in [1.54, 1.807) is 4.57 Å². The van der Waals surface area contributed by atoms with Gasteiger partial charge in [0.1, 0.15) is 5.82 Å². The highest BCUT2D eigenvalue weighted by Gasteiger charge is 2.23. The minimum atomic E-state index is -0.148. The molecule has 2 aromatic rings. The fourth-order valence-electron chi connectivity index (χ4n) is 3.52. The van der Waals surface area contributed by atoms with Gasteiger partial charge in [-0.3, -0.25) is 9.59 Å². The number of rotatable bonds is 7. The molecule has 8 heteroatoms. The second-order valence-electron chi connectivity index (χ2n) is 7.77. The molecule has 0 aliphatic heterocycles. The van der Waals surface area contributed by atoms with Crippen molar-refractivity contribution in [2.24, 2.45) is 13.0 Å². The Hall–Kier alpha value is -2.35. The van der Waals surface area contributed by atoms with Crippen LogP contribution in [0.15, 0.2) is 29.4 Å². The average Bonchev–Trinajstić information content (AvgIpc) is 3.03. The van der Waals surface area contributed by atoms with Gasteiger partial charge in [-0.1, -0.05) is 49.2 Å². The highest BCUT2D eigenvalue weighted by molar-refractivity contribution is 7.99. The quantitative estimate of drug-likeness (QED) is 0.679. The number of anilines is 1. The van der Waals surface area contributed by atoms with Crippen molar-refractivity contribution in [1.29, 1.82) is 0 Å². The summed E-state index contributed by atoms with van der Waals surface area (Å²) in [7, 11) is 1.82. The van der Waals surface area contributed by atoms with Crippen molar-refractivity contribution in [3.8, 4) is 0 Å². The monoisotopic (exact) mass is 415 g/mol. The van der Waals surface area contributed by atoms with Crippen molar-refractivity contribution in [1.82, 2.24) is 20.1 Å². The first-order chi connectivity index (χ1) is 13.9. The summed E-state index contributed by atoms with van der Waals surface area (Å²) in [4.78, 5) is 24.6. The van der Waals surface area contributed by atoms with Crippen LogP contribution >= 0.6 is 11.8 Å². The maximum Gasteiger partial charge on any atom is 0.232 e. The lowest BCUT2D eigenvalue weighted by Gasteiger charge is -2.29. The predicted octanol–water partition coefficient (Wildman–Crippen LogP) is 3.09. The molecule has 1 saturated carbocycles. The van der Waals surface area contributed by atoms with E-state index in [0.29, 0.717) is 22.7 Å². The molecule has 2 amide bonds. The average molecular weight is 416 g/mol. The van der Waals surface area contributed by atoms with E-state index in [1.165, 1.54) is 31.0 Å². The summed E-state index contributed by atoms with van der Waals surface area (Å²) in [6.45, 7) is 4.20. The second kappa shape index (κ2) is 9.91. The lowest BCUT2D eigenvalue weighted by atomic mass is 9.86. The molecule has 0 radical (unpaired) electrons. The number of hydrogen-bond donors (Lipinski definition) is 2. The molecule has 0 unspecified atom stereocenters. The first-order valence-corrected chi connectivity index (χ1v) is 11.1. The Morgan fingerprint density at radius 1 is 1.14 bits per heavy atom. The van der Waals surface area contributed by atoms with Crippen molar-refractivity contribution < 1.29 is 9.59 Å². The van der Waals surface area contributed by atoms with E-state index in [9.17, 15) is 9.59 Å². The lowest BCUT2D eigenvalue weighted by molar-refractivity contribution is -0.120. The van der Waals surface area contributed by atoms with Crippen LogP contribution in [0.25, 0.3) is 0 Å². The van der Waals surface area contributed by atoms with Gasteiger partial charge < -0.3 is 15.2 Å². The van der Waals surface area contributed by atoms with E-state index in [4.69, 9.17) is 0 Å². The van der Waals surface area contributed by atoms with Crippen LogP contribution in [-0.4, -0.2) is 38.4 Å². The highest BCUT2D eigenvalue weighted by Crippen LogP contribution is 2.24. The SMILES string of the molecule is Cc1ccc(NC(=O)Cc2nnc(SCC(=O)N[C@@H]3CCCC[C@H]3C)n2C)cc1. The Labute approximate surface area is 176 Å². The van der Waals surface area contributed by atoms with Gasteiger partial charge in [-0.2, -0.15) is 0 Å². The molecule has 156 valence electrons. The predicted molar refractivity (Wildman–Crippen MR) is 115 cm³/mol. The minimum Gasteiger partial charge on any atom is -0.352 e. The standard InChI is InChI=1S/C21H29N5O2S/c1-14-8-10-16(11-9-14)22-19(27)12-18-24-25-21(26(18)3)29-13-20(28)23-17-7-5-4-6-15(17)2/h8-11,15,17H,4-7,12-13H2,1-3H3,(H,22,27)(H,23,28)/t15-,17-/m1/s1. The fourth-order valence-corrected chi connectivity index (χ4v) is 4.26. The Kier molecular flexibility index (Phi) is 7.30. The van der Waals surface area contributed by atoms with Crippen LogP contribution < -0.4 is 10.6 Å². The van der Waals surface area contributed by atoms with Gasteiger partial charge in [-0.15, -0.1) is 10.2 Å². The van der Waals surface area contributed by atoms with Crippen molar-refractivity contribution in [3.63, 3.8) is 0 Å². The Morgan fingerprint density at radius 3 is 2.59 bits per heavy atom. The van der Waals surface area contributed by atoms with E-state index in [1.807, 2.05) is 38.2 Å². The molecule has 1 aromatic carbocycles. The summed E-state index contributed by atoms with van der Waals surface area (Å²) >= 11 is 1.34. The topological polar surface area (TPSA) is 88.9 Å². The molecule has 3 rings (SSSR count). The smallest absolute Gasteiger partial charge is 0.232 e. The Morgan fingerprint density at radius 2 is 1.86 bits per heavy atom. The van der Waals surface area contributed by atoms with Gasteiger partial charge in [-0.05, 0) is 37.8 Å². The molecule has 0 spiro atoms. The van der Waals surface area contributed by atoms with Gasteiger partial charge in [-0.25, -0.2) is 0 Å². The second-order valence-corrected chi connectivity index (χ2v) is 8.72. The van der Waals surface area contributed by atoms with E-state index in [-0.39, 0.29) is 24.3 Å². The third-order valence-corrected chi connectivity index (χ3v) is 6.39. The van der Waals surface area contributed by atoms with E-state index >= 15 is 0 Å². The normalized spacial score (nSPS) is 19.0. The summed E-state index contributed by atoms with van der Waals surface area (Å²) in [6, 6.07) is 7.92. The van der Waals surface area contributed by atoms with E-state index in [2.05, 4.69) is 27.8 Å². The molecule has 2 N–H and O–H groups in total. The van der Waals surface area contributed by atoms with Gasteiger partial charge in [0.15, 0.2) is 5.16 Å². The zero-order chi connectivity index (χ0) is 20.8. The number of aromatic nitrogens is 3. The molecule has 1 heterocycles. The van der Waals surface area contributed by atoms with Gasteiger partial charge in [0, 0.05) is 18.8 Å². The summed E-state index contributed by atoms with van der Waals surface area (Å²) < 4.78 is 1.77. The van der Waals surface area contributed by atoms with Gasteiger partial charge in [0.25, 0.3) is 0 Å². The molecule has 2 atom stereocenters. The van der Waals surface area contributed by atoms with Gasteiger partial charge in [0.2, 0.25) is 11.8 Å². The molecule has 29 heavy (non-hydrogen) atoms. The van der Waals surface area contributed by atoms with E-state index < -0.39 is 0 Å². The number of carbonyl (C=O) groups is 2. The number of thioether (sulfide) groups is 1. The first kappa shape index (κ1) is 21.4. The highest BCUT2D eigenvalue weighted by atomic mass is 32.2. The van der Waals surface area contributed by atoms with Crippen LogP contribution in [0.4, 0.5) is 5.69 Å². The molecular weight excluding hydrogens is 386 g/mol. The molecule has 0 saturated heterocycles. The number of nitrogens with one attached hydrogen (secondary N) is 2. The Bertz CT molecular complexity index is 849. The third-order valence-electron chi connectivity index (χ3n) is 5.37. The van der Waals surface area contributed by atoms with Crippen LogP contribution in [0, 0.1) is 12.8 Å². The van der Waals surface area contributed by atoms with Crippen molar-refractivity contribution in [2.75, 3.05) is 11.1 Å². The number of hydrogen-bond acceptors (Lipinski definition) is 5. The molecule has 1 aliphatic rings. The third kappa shape index (κ3) is 6.06. The summed E-state index contributed by atoms with van der Waals surface area (Å²) in [5, 5.41) is 14.9. The minimum absolute atomic E-state index is 0.0235. The van der Waals surface area contributed by atoms with Crippen molar-refractivity contribution >= 4 is 29.3 Å². The van der Waals surface area contributed by atoms with Crippen LogP contribution in [0.5, 0.6) is 0 Å². The van der Waals surface area contributed by atoms with Crippen LogP contribution in [-0.2, 0) is 23.1 Å². The van der Waals surface area contributed by atoms with E-state index in [0.717, 1.165) is 17.7 Å². The summed E-state index contributed by atoms with van der Waals surface area (Å²) in [6.07, 6.45) is 4.79. The molecular formula is C21H29N5O2S. The molecule has 0 bridgehead atoms. The lowest BCUT2D eigenvalue weighted by Crippen LogP contribution is -2.41. The van der Waals surface area contributed by atoms with Crippen LogP contribution in [0.2, 0.25) is 0 Å². The molecule has 1 aliphatic carbocycles. The summed E-state index contributed by atoms with van der Waals surface area (Å²) in [5.41, 5.74) is 1.89. The van der Waals surface area contributed by atoms with Gasteiger partial charge >= 0.3 is 0 Å². The number of aryl methyl sites for hydroxylation is 1. The van der Waals surface area contributed by atoms with Crippen molar-refractivity contribution in [2.45, 2.75) is 57.1 Å². The number of amides is 2. The fraction of sp³-hybridized carbons (Fsp3) is 0.524. The maximum atomic E-state index is 12.3. The Balaban J connectivity index is 1.49. The molecule has 1 aromatic heterocycles. The number of benzene rings is 1. The maximum absolute atomic E-state index is 12.3. The zero-order valence-electron chi connectivity index (χ0n) is 17.3. The largest absolute Gasteiger partial charge is 0.352 e. The number of nitrogens with zero attached hydrogens (tertiary/aromatic N) is 3. The first-order valence-electron chi connectivity index (χ1n) is 10.1. The van der Waals surface area contributed by atoms with Gasteiger partial charge in [0.05, 0.1) is 12.2 Å². The summed E-state index contributed by atoms with van der Waals surface area (Å²) in [5.74, 6) is 1.27. The number of carbonyl (C=O) groups excluding carboxylic acids is 2. The molecule has 1 fully saturated rings. The van der Waals surface area contributed by atoms with Crippen LogP contribution in [0.1, 0.15) is 44.0 Å². The van der Waals surface area contributed by atoms with Crippen LogP contribution in [0.3, 0.4) is 0 Å². The zero-order valence-corrected chi connectivity index (χ0v) is 18.1. The van der Waals surface area contributed by atoms with Crippen molar-refractivity contribution in [3.05, 3.63) is 35.7 Å².